The summed E-state index contributed by atoms with van der Waals surface area (Å²) in [5.74, 6) is 0.0544. The summed E-state index contributed by atoms with van der Waals surface area (Å²) < 4.78 is 22.0. The summed E-state index contributed by atoms with van der Waals surface area (Å²) in [5, 5.41) is 0. The molecule has 0 spiro atoms. The highest BCUT2D eigenvalue weighted by Crippen LogP contribution is 2.25. The summed E-state index contributed by atoms with van der Waals surface area (Å²) in [6.07, 6.45) is -1.46. The number of hydrogen-bond donors (Lipinski definition) is 0. The van der Waals surface area contributed by atoms with Crippen molar-refractivity contribution >= 4 is 34.5 Å². The number of benzene rings is 2. The third-order valence-electron chi connectivity index (χ3n) is 3.13. The van der Waals surface area contributed by atoms with E-state index in [-0.39, 0.29) is 13.2 Å². The van der Waals surface area contributed by atoms with E-state index < -0.39 is 18.0 Å². The standard InChI is InChI=1S/C19H19IO6/c1-3-23-18(21)17(19(22)24-4-2)26-16-11-9-15(10-12-16)25-14-7-5-13(20)6-8-14/h5-12,17H,3-4H2,1-2H3. The normalized spacial score (nSPS) is 10.3. The SMILES string of the molecule is CCOC(=O)C(Oc1ccc(Oc2ccc(I)cc2)cc1)C(=O)OCC. The van der Waals surface area contributed by atoms with Crippen LogP contribution in [0.1, 0.15) is 13.8 Å². The number of ether oxygens (including phenoxy) is 4. The van der Waals surface area contributed by atoms with Gasteiger partial charge in [0.2, 0.25) is 0 Å². The van der Waals surface area contributed by atoms with Crippen LogP contribution in [-0.4, -0.2) is 31.3 Å². The van der Waals surface area contributed by atoms with Crippen LogP contribution in [0.5, 0.6) is 17.2 Å². The van der Waals surface area contributed by atoms with E-state index in [1.807, 2.05) is 24.3 Å². The minimum atomic E-state index is -1.46. The molecular formula is C19H19IO6. The first-order chi connectivity index (χ1) is 12.5. The maximum Gasteiger partial charge on any atom is 0.359 e. The summed E-state index contributed by atoms with van der Waals surface area (Å²) in [5.41, 5.74) is 0. The lowest BCUT2D eigenvalue weighted by molar-refractivity contribution is -0.166. The Morgan fingerprint density at radius 3 is 1.69 bits per heavy atom. The maximum absolute atomic E-state index is 11.9. The summed E-state index contributed by atoms with van der Waals surface area (Å²) in [7, 11) is 0. The lowest BCUT2D eigenvalue weighted by Gasteiger charge is -2.16. The Morgan fingerprint density at radius 2 is 1.23 bits per heavy atom. The van der Waals surface area contributed by atoms with Crippen LogP contribution >= 0.6 is 22.6 Å². The van der Waals surface area contributed by atoms with Crippen molar-refractivity contribution in [2.45, 2.75) is 20.0 Å². The molecule has 0 heterocycles. The summed E-state index contributed by atoms with van der Waals surface area (Å²) in [6, 6.07) is 14.2. The minimum Gasteiger partial charge on any atom is -0.467 e. The first kappa shape index (κ1) is 20.0. The van der Waals surface area contributed by atoms with E-state index in [1.165, 1.54) is 0 Å². The van der Waals surface area contributed by atoms with Crippen molar-refractivity contribution in [3.8, 4) is 17.2 Å². The van der Waals surface area contributed by atoms with Crippen molar-refractivity contribution < 1.29 is 28.5 Å². The molecule has 2 aromatic rings. The fourth-order valence-electron chi connectivity index (χ4n) is 1.99. The van der Waals surface area contributed by atoms with E-state index in [9.17, 15) is 9.59 Å². The van der Waals surface area contributed by atoms with Gasteiger partial charge in [0.25, 0.3) is 6.10 Å². The number of carbonyl (C=O) groups excluding carboxylic acids is 2. The van der Waals surface area contributed by atoms with Crippen molar-refractivity contribution in [3.63, 3.8) is 0 Å². The highest BCUT2D eigenvalue weighted by molar-refractivity contribution is 14.1. The average Bonchev–Trinajstić information content (AvgIpc) is 2.63. The molecule has 7 heteroatoms. The minimum absolute atomic E-state index is 0.140. The second-order valence-corrected chi connectivity index (χ2v) is 6.28. The maximum atomic E-state index is 11.9. The highest BCUT2D eigenvalue weighted by atomic mass is 127. The number of rotatable bonds is 8. The van der Waals surface area contributed by atoms with Crippen LogP contribution in [0, 0.1) is 3.57 Å². The number of hydrogen-bond acceptors (Lipinski definition) is 6. The van der Waals surface area contributed by atoms with Crippen LogP contribution in [0.15, 0.2) is 48.5 Å². The topological polar surface area (TPSA) is 71.1 Å². The Hall–Kier alpha value is -2.29. The predicted octanol–water partition coefficient (Wildman–Crippen LogP) is 3.96. The molecule has 0 aliphatic heterocycles. The second-order valence-electron chi connectivity index (χ2n) is 5.03. The third-order valence-corrected chi connectivity index (χ3v) is 3.85. The molecule has 0 aromatic heterocycles. The van der Waals surface area contributed by atoms with E-state index in [4.69, 9.17) is 18.9 Å². The van der Waals surface area contributed by atoms with Gasteiger partial charge in [0.05, 0.1) is 13.2 Å². The van der Waals surface area contributed by atoms with Gasteiger partial charge in [0.15, 0.2) is 0 Å². The van der Waals surface area contributed by atoms with Gasteiger partial charge in [-0.1, -0.05) is 0 Å². The Balaban J connectivity index is 2.06. The monoisotopic (exact) mass is 470 g/mol. The number of carbonyl (C=O) groups is 2. The molecule has 0 saturated heterocycles. The molecule has 0 atom stereocenters. The van der Waals surface area contributed by atoms with Crippen LogP contribution in [0.25, 0.3) is 0 Å². The first-order valence-corrected chi connectivity index (χ1v) is 9.14. The van der Waals surface area contributed by atoms with Gasteiger partial charge in [-0.05, 0) is 85.0 Å². The van der Waals surface area contributed by atoms with Gasteiger partial charge in [-0.15, -0.1) is 0 Å². The molecule has 6 nitrogen and oxygen atoms in total. The average molecular weight is 470 g/mol. The molecule has 26 heavy (non-hydrogen) atoms. The van der Waals surface area contributed by atoms with E-state index >= 15 is 0 Å². The number of halogens is 1. The summed E-state index contributed by atoms with van der Waals surface area (Å²) in [4.78, 5) is 23.9. The van der Waals surface area contributed by atoms with Crippen molar-refractivity contribution in [2.24, 2.45) is 0 Å². The molecule has 0 N–H and O–H groups in total. The second kappa shape index (κ2) is 10.0. The van der Waals surface area contributed by atoms with Gasteiger partial charge < -0.3 is 18.9 Å². The molecule has 0 bridgehead atoms. The van der Waals surface area contributed by atoms with Gasteiger partial charge in [-0.3, -0.25) is 0 Å². The smallest absolute Gasteiger partial charge is 0.359 e. The molecule has 0 amide bonds. The van der Waals surface area contributed by atoms with E-state index in [0.29, 0.717) is 17.2 Å². The Morgan fingerprint density at radius 1 is 0.808 bits per heavy atom. The third kappa shape index (κ3) is 5.91. The first-order valence-electron chi connectivity index (χ1n) is 8.07. The lowest BCUT2D eigenvalue weighted by Crippen LogP contribution is -2.38. The van der Waals surface area contributed by atoms with Gasteiger partial charge in [0.1, 0.15) is 17.2 Å². The molecular weight excluding hydrogens is 451 g/mol. The molecule has 0 aliphatic carbocycles. The van der Waals surface area contributed by atoms with Gasteiger partial charge >= 0.3 is 11.9 Å². The molecule has 2 rings (SSSR count). The zero-order valence-corrected chi connectivity index (χ0v) is 16.6. The van der Waals surface area contributed by atoms with Crippen molar-refractivity contribution in [1.82, 2.24) is 0 Å². The number of esters is 2. The molecule has 0 aliphatic rings. The van der Waals surface area contributed by atoms with Crippen molar-refractivity contribution in [1.29, 1.82) is 0 Å². The van der Waals surface area contributed by atoms with Crippen LogP contribution in [-0.2, 0) is 19.1 Å². The Bertz CT molecular complexity index is 709. The predicted molar refractivity (Wildman–Crippen MR) is 103 cm³/mol. The van der Waals surface area contributed by atoms with Crippen LogP contribution in [0.2, 0.25) is 0 Å². The van der Waals surface area contributed by atoms with E-state index in [0.717, 1.165) is 3.57 Å². The summed E-state index contributed by atoms with van der Waals surface area (Å²) in [6.45, 7) is 3.58. The van der Waals surface area contributed by atoms with Crippen molar-refractivity contribution in [3.05, 3.63) is 52.1 Å². The molecule has 0 radical (unpaired) electrons. The zero-order valence-electron chi connectivity index (χ0n) is 14.4. The van der Waals surface area contributed by atoms with Crippen LogP contribution < -0.4 is 9.47 Å². The zero-order chi connectivity index (χ0) is 18.9. The quantitative estimate of drug-likeness (QED) is 0.331. The van der Waals surface area contributed by atoms with Gasteiger partial charge in [-0.25, -0.2) is 9.59 Å². The van der Waals surface area contributed by atoms with Gasteiger partial charge in [0, 0.05) is 3.57 Å². The fraction of sp³-hybridized carbons (Fsp3) is 0.263. The highest BCUT2D eigenvalue weighted by Gasteiger charge is 2.31. The molecule has 0 fully saturated rings. The van der Waals surface area contributed by atoms with Crippen LogP contribution in [0.3, 0.4) is 0 Å². The Labute approximate surface area is 165 Å². The molecule has 0 unspecified atom stereocenters. The largest absolute Gasteiger partial charge is 0.467 e. The van der Waals surface area contributed by atoms with Crippen LogP contribution in [0.4, 0.5) is 0 Å². The molecule has 2 aromatic carbocycles. The molecule has 0 saturated carbocycles. The fourth-order valence-corrected chi connectivity index (χ4v) is 2.35. The van der Waals surface area contributed by atoms with E-state index in [1.54, 1.807) is 38.1 Å². The lowest BCUT2D eigenvalue weighted by atomic mass is 10.3. The summed E-state index contributed by atoms with van der Waals surface area (Å²) >= 11 is 2.22. The molecule has 138 valence electrons. The Kier molecular flexibility index (Phi) is 7.71. The van der Waals surface area contributed by atoms with Gasteiger partial charge in [-0.2, -0.15) is 0 Å². The van der Waals surface area contributed by atoms with E-state index in [2.05, 4.69) is 22.6 Å². The van der Waals surface area contributed by atoms with Crippen molar-refractivity contribution in [2.75, 3.05) is 13.2 Å².